The van der Waals surface area contributed by atoms with Crippen LogP contribution in [0.3, 0.4) is 0 Å². The first-order valence-corrected chi connectivity index (χ1v) is 5.32. The lowest BCUT2D eigenvalue weighted by atomic mass is 10.00. The molecule has 2 rings (SSSR count). The van der Waals surface area contributed by atoms with Gasteiger partial charge in [0.05, 0.1) is 11.5 Å². The van der Waals surface area contributed by atoms with Crippen molar-refractivity contribution in [3.8, 4) is 0 Å². The quantitative estimate of drug-likeness (QED) is 0.665. The Hall–Kier alpha value is -0.610. The number of carbonyl (C=O) groups excluding carboxylic acids is 1. The lowest BCUT2D eigenvalue weighted by molar-refractivity contribution is -0.127. The lowest BCUT2D eigenvalue weighted by Gasteiger charge is -2.29. The molecule has 1 atom stereocenters. The number of rotatable bonds is 3. The summed E-state index contributed by atoms with van der Waals surface area (Å²) in [5.41, 5.74) is -0.118. The number of nitrogens with one attached hydrogen (secondary N) is 2. The number of ether oxygens (including phenoxy) is 1. The molecule has 0 aromatic carbocycles. The maximum atomic E-state index is 11.5. The summed E-state index contributed by atoms with van der Waals surface area (Å²) in [5, 5.41) is 6.05. The van der Waals surface area contributed by atoms with Crippen LogP contribution < -0.4 is 10.6 Å². The van der Waals surface area contributed by atoms with E-state index in [9.17, 15) is 4.79 Å². The second kappa shape index (κ2) is 3.87. The topological polar surface area (TPSA) is 50.4 Å². The van der Waals surface area contributed by atoms with E-state index in [1.807, 2.05) is 0 Å². The summed E-state index contributed by atoms with van der Waals surface area (Å²) in [4.78, 5) is 11.5. The maximum absolute atomic E-state index is 11.5. The molecule has 0 spiro atoms. The molecule has 2 aliphatic heterocycles. The monoisotopic (exact) mass is 198 g/mol. The maximum Gasteiger partial charge on any atom is 0.225 e. The van der Waals surface area contributed by atoms with Crippen LogP contribution in [-0.4, -0.2) is 37.7 Å². The Morgan fingerprint density at radius 2 is 2.43 bits per heavy atom. The van der Waals surface area contributed by atoms with E-state index < -0.39 is 0 Å². The molecule has 80 valence electrons. The van der Waals surface area contributed by atoms with E-state index in [-0.39, 0.29) is 17.4 Å². The molecular weight excluding hydrogens is 180 g/mol. The molecule has 2 N–H and O–H groups in total. The molecule has 0 radical (unpaired) electrons. The molecule has 0 aromatic heterocycles. The molecule has 0 aliphatic carbocycles. The first-order valence-electron chi connectivity index (χ1n) is 5.32. The molecular formula is C10H18N2O2. The average molecular weight is 198 g/mol. The van der Waals surface area contributed by atoms with Gasteiger partial charge in [0.15, 0.2) is 0 Å². The third kappa shape index (κ3) is 2.07. The van der Waals surface area contributed by atoms with Gasteiger partial charge in [-0.15, -0.1) is 0 Å². The van der Waals surface area contributed by atoms with Crippen LogP contribution >= 0.6 is 0 Å². The predicted molar refractivity (Wildman–Crippen MR) is 53.0 cm³/mol. The Balaban J connectivity index is 1.72. The highest BCUT2D eigenvalue weighted by Gasteiger charge is 2.32. The zero-order valence-electron chi connectivity index (χ0n) is 8.64. The zero-order valence-corrected chi connectivity index (χ0v) is 8.64. The van der Waals surface area contributed by atoms with Gasteiger partial charge in [0.1, 0.15) is 0 Å². The number of amides is 1. The van der Waals surface area contributed by atoms with Crippen LogP contribution in [0.4, 0.5) is 0 Å². The van der Waals surface area contributed by atoms with E-state index in [4.69, 9.17) is 4.74 Å². The molecule has 1 unspecified atom stereocenters. The molecule has 0 saturated carbocycles. The smallest absolute Gasteiger partial charge is 0.225 e. The van der Waals surface area contributed by atoms with E-state index in [0.29, 0.717) is 6.54 Å². The fraction of sp³-hybridized carbons (Fsp3) is 0.900. The van der Waals surface area contributed by atoms with Gasteiger partial charge in [-0.1, -0.05) is 0 Å². The summed E-state index contributed by atoms with van der Waals surface area (Å²) < 4.78 is 5.59. The van der Waals surface area contributed by atoms with Crippen molar-refractivity contribution >= 4 is 5.91 Å². The zero-order chi connectivity index (χ0) is 10.0. The second-order valence-corrected chi connectivity index (χ2v) is 4.47. The van der Waals surface area contributed by atoms with E-state index in [1.165, 1.54) is 0 Å². The average Bonchev–Trinajstić information content (AvgIpc) is 2.47. The van der Waals surface area contributed by atoms with Crippen molar-refractivity contribution in [2.24, 2.45) is 5.92 Å². The van der Waals surface area contributed by atoms with Crippen molar-refractivity contribution in [3.63, 3.8) is 0 Å². The molecule has 0 aromatic rings. The standard InChI is InChI=1S/C10H18N2O2/c1-10(3-2-4-14-10)7-12-9(13)8-5-11-6-8/h8,11H,2-7H2,1H3,(H,12,13). The van der Waals surface area contributed by atoms with E-state index >= 15 is 0 Å². The van der Waals surface area contributed by atoms with Crippen molar-refractivity contribution < 1.29 is 9.53 Å². The summed E-state index contributed by atoms with van der Waals surface area (Å²) in [6.07, 6.45) is 2.16. The van der Waals surface area contributed by atoms with Crippen LogP contribution in [-0.2, 0) is 9.53 Å². The minimum absolute atomic E-state index is 0.118. The fourth-order valence-electron chi connectivity index (χ4n) is 1.87. The van der Waals surface area contributed by atoms with Crippen molar-refractivity contribution in [2.75, 3.05) is 26.2 Å². The van der Waals surface area contributed by atoms with E-state index in [2.05, 4.69) is 17.6 Å². The van der Waals surface area contributed by atoms with Crippen molar-refractivity contribution in [1.29, 1.82) is 0 Å². The molecule has 1 amide bonds. The first-order chi connectivity index (χ1) is 6.70. The van der Waals surface area contributed by atoms with Crippen molar-refractivity contribution in [2.45, 2.75) is 25.4 Å². The van der Waals surface area contributed by atoms with Crippen LogP contribution in [0.25, 0.3) is 0 Å². The highest BCUT2D eigenvalue weighted by Crippen LogP contribution is 2.23. The van der Waals surface area contributed by atoms with Gasteiger partial charge in [0.2, 0.25) is 5.91 Å². The van der Waals surface area contributed by atoms with Gasteiger partial charge in [-0.2, -0.15) is 0 Å². The molecule has 4 heteroatoms. The molecule has 2 heterocycles. The van der Waals surface area contributed by atoms with Crippen LogP contribution in [0.2, 0.25) is 0 Å². The van der Waals surface area contributed by atoms with Gasteiger partial charge >= 0.3 is 0 Å². The highest BCUT2D eigenvalue weighted by atomic mass is 16.5. The van der Waals surface area contributed by atoms with Gasteiger partial charge in [0, 0.05) is 26.2 Å². The molecule has 4 nitrogen and oxygen atoms in total. The summed E-state index contributed by atoms with van der Waals surface area (Å²) in [6, 6.07) is 0. The van der Waals surface area contributed by atoms with Crippen LogP contribution in [0.5, 0.6) is 0 Å². The Morgan fingerprint density at radius 3 is 2.93 bits per heavy atom. The minimum Gasteiger partial charge on any atom is -0.373 e. The van der Waals surface area contributed by atoms with Crippen molar-refractivity contribution in [3.05, 3.63) is 0 Å². The Kier molecular flexibility index (Phi) is 2.74. The Morgan fingerprint density at radius 1 is 1.64 bits per heavy atom. The lowest BCUT2D eigenvalue weighted by Crippen LogP contribution is -2.53. The van der Waals surface area contributed by atoms with Crippen LogP contribution in [0, 0.1) is 5.92 Å². The second-order valence-electron chi connectivity index (χ2n) is 4.47. The van der Waals surface area contributed by atoms with Gasteiger partial charge in [-0.05, 0) is 19.8 Å². The Bertz CT molecular complexity index is 220. The molecule has 2 saturated heterocycles. The predicted octanol–water partition coefficient (Wildman–Crippen LogP) is -0.109. The molecule has 14 heavy (non-hydrogen) atoms. The largest absolute Gasteiger partial charge is 0.373 e. The first kappa shape index (κ1) is 9.93. The van der Waals surface area contributed by atoms with E-state index in [0.717, 1.165) is 32.5 Å². The van der Waals surface area contributed by atoms with Crippen LogP contribution in [0.1, 0.15) is 19.8 Å². The summed E-state index contributed by atoms with van der Waals surface area (Å²) >= 11 is 0. The molecule has 0 bridgehead atoms. The molecule has 2 aliphatic rings. The van der Waals surface area contributed by atoms with Gasteiger partial charge < -0.3 is 15.4 Å². The van der Waals surface area contributed by atoms with E-state index in [1.54, 1.807) is 0 Å². The third-order valence-corrected chi connectivity index (χ3v) is 3.09. The normalized spacial score (nSPS) is 32.6. The van der Waals surface area contributed by atoms with Crippen molar-refractivity contribution in [1.82, 2.24) is 10.6 Å². The van der Waals surface area contributed by atoms with Gasteiger partial charge in [-0.3, -0.25) is 4.79 Å². The summed E-state index contributed by atoms with van der Waals surface area (Å²) in [7, 11) is 0. The van der Waals surface area contributed by atoms with Gasteiger partial charge in [0.25, 0.3) is 0 Å². The minimum atomic E-state index is -0.118. The summed E-state index contributed by atoms with van der Waals surface area (Å²) in [6.45, 7) is 5.20. The van der Waals surface area contributed by atoms with Gasteiger partial charge in [-0.25, -0.2) is 0 Å². The molecule has 2 fully saturated rings. The SMILES string of the molecule is CC1(CNC(=O)C2CNC2)CCCO1. The summed E-state index contributed by atoms with van der Waals surface area (Å²) in [5.74, 6) is 0.348. The van der Waals surface area contributed by atoms with Crippen LogP contribution in [0.15, 0.2) is 0 Å². The fourth-order valence-corrected chi connectivity index (χ4v) is 1.87. The highest BCUT2D eigenvalue weighted by molar-refractivity contribution is 5.80. The number of hydrogen-bond donors (Lipinski definition) is 2. The Labute approximate surface area is 84.4 Å². The number of hydrogen-bond acceptors (Lipinski definition) is 3. The number of carbonyl (C=O) groups is 1. The third-order valence-electron chi connectivity index (χ3n) is 3.09.